The van der Waals surface area contributed by atoms with Crippen LogP contribution in [0.3, 0.4) is 0 Å². The minimum atomic E-state index is -0.344. The molecule has 1 atom stereocenters. The van der Waals surface area contributed by atoms with Crippen molar-refractivity contribution in [1.82, 2.24) is 0 Å². The smallest absolute Gasteiger partial charge is 0.317 e. The van der Waals surface area contributed by atoms with Gasteiger partial charge >= 0.3 is 11.9 Å². The number of esters is 2. The maximum Gasteiger partial charge on any atom is 0.317 e. The Hall–Kier alpha value is -0.860. The van der Waals surface area contributed by atoms with Crippen LogP contribution in [0.5, 0.6) is 0 Å². The van der Waals surface area contributed by atoms with Crippen molar-refractivity contribution in [2.45, 2.75) is 96.8 Å². The van der Waals surface area contributed by atoms with E-state index in [0.717, 1.165) is 12.8 Å². The fraction of sp³-hybridized carbons (Fsp3) is 0.889. The molecule has 1 fully saturated rings. The summed E-state index contributed by atoms with van der Waals surface area (Å²) in [5, 5.41) is 0. The highest BCUT2D eigenvalue weighted by Gasteiger charge is 2.32. The van der Waals surface area contributed by atoms with Crippen molar-refractivity contribution in [1.29, 1.82) is 0 Å². The summed E-state index contributed by atoms with van der Waals surface area (Å²) in [7, 11) is 0. The first kappa shape index (κ1) is 18.2. The van der Waals surface area contributed by atoms with Crippen molar-refractivity contribution in [2.75, 3.05) is 0 Å². The molecular formula is C18H32O3. The van der Waals surface area contributed by atoms with Crippen molar-refractivity contribution < 1.29 is 14.3 Å². The van der Waals surface area contributed by atoms with Gasteiger partial charge in [0.1, 0.15) is 0 Å². The van der Waals surface area contributed by atoms with Crippen LogP contribution < -0.4 is 0 Å². The summed E-state index contributed by atoms with van der Waals surface area (Å²) in [6.07, 6.45) is 16.9. The fourth-order valence-corrected chi connectivity index (χ4v) is 2.97. The average Bonchev–Trinajstić information content (AvgIpc) is 2.78. The Labute approximate surface area is 129 Å². The Morgan fingerprint density at radius 3 is 1.71 bits per heavy atom. The van der Waals surface area contributed by atoms with Crippen molar-refractivity contribution in [3.05, 3.63) is 0 Å². The topological polar surface area (TPSA) is 43.4 Å². The largest absolute Gasteiger partial charge is 0.393 e. The standard InChI is InChI=1S/C18H32O3/c1-2-3-4-5-6-7-8-9-10-11-12-13-14-16-15-17(19)21-18(16)20/h16H,2-15H2,1H3. The van der Waals surface area contributed by atoms with Crippen LogP contribution in [0.2, 0.25) is 0 Å². The second-order valence-electron chi connectivity index (χ2n) is 6.37. The number of unbranched alkanes of at least 4 members (excludes halogenated alkanes) is 11. The van der Waals surface area contributed by atoms with Crippen LogP contribution in [0.4, 0.5) is 0 Å². The van der Waals surface area contributed by atoms with Crippen molar-refractivity contribution >= 4 is 11.9 Å². The van der Waals surface area contributed by atoms with E-state index in [1.807, 2.05) is 0 Å². The van der Waals surface area contributed by atoms with Crippen LogP contribution in [-0.2, 0) is 14.3 Å². The van der Waals surface area contributed by atoms with E-state index in [1.54, 1.807) is 0 Å². The molecule has 0 aromatic rings. The molecular weight excluding hydrogens is 264 g/mol. The second-order valence-corrected chi connectivity index (χ2v) is 6.37. The highest BCUT2D eigenvalue weighted by molar-refractivity contribution is 5.94. The Morgan fingerprint density at radius 1 is 0.810 bits per heavy atom. The lowest BCUT2D eigenvalue weighted by atomic mass is 9.98. The SMILES string of the molecule is CCCCCCCCCCCCCCC1CC(=O)OC1=O. The Morgan fingerprint density at radius 2 is 1.29 bits per heavy atom. The van der Waals surface area contributed by atoms with E-state index in [1.165, 1.54) is 70.6 Å². The maximum absolute atomic E-state index is 11.3. The molecule has 0 N–H and O–H groups in total. The molecule has 0 bridgehead atoms. The summed E-state index contributed by atoms with van der Waals surface area (Å²) in [6.45, 7) is 2.26. The van der Waals surface area contributed by atoms with Gasteiger partial charge in [0.2, 0.25) is 0 Å². The van der Waals surface area contributed by atoms with Gasteiger partial charge in [-0.3, -0.25) is 9.59 Å². The number of hydrogen-bond donors (Lipinski definition) is 0. The van der Waals surface area contributed by atoms with E-state index < -0.39 is 0 Å². The molecule has 0 amide bonds. The third kappa shape index (κ3) is 8.90. The third-order valence-corrected chi connectivity index (χ3v) is 4.37. The molecule has 3 heteroatoms. The van der Waals surface area contributed by atoms with E-state index in [4.69, 9.17) is 0 Å². The maximum atomic E-state index is 11.3. The van der Waals surface area contributed by atoms with E-state index in [-0.39, 0.29) is 17.9 Å². The highest BCUT2D eigenvalue weighted by Crippen LogP contribution is 2.22. The molecule has 1 saturated heterocycles. The lowest BCUT2D eigenvalue weighted by molar-refractivity contribution is -0.153. The molecule has 1 rings (SSSR count). The van der Waals surface area contributed by atoms with Gasteiger partial charge in [-0.25, -0.2) is 0 Å². The van der Waals surface area contributed by atoms with Crippen LogP contribution >= 0.6 is 0 Å². The number of rotatable bonds is 13. The zero-order chi connectivity index (χ0) is 15.3. The van der Waals surface area contributed by atoms with Gasteiger partial charge in [0, 0.05) is 0 Å². The molecule has 0 aromatic heterocycles. The van der Waals surface area contributed by atoms with Crippen LogP contribution in [0, 0.1) is 5.92 Å². The number of ether oxygens (including phenoxy) is 1. The van der Waals surface area contributed by atoms with E-state index in [2.05, 4.69) is 11.7 Å². The van der Waals surface area contributed by atoms with Crippen LogP contribution in [0.15, 0.2) is 0 Å². The number of carbonyl (C=O) groups is 2. The zero-order valence-corrected chi connectivity index (χ0v) is 13.7. The van der Waals surface area contributed by atoms with E-state index in [9.17, 15) is 9.59 Å². The average molecular weight is 296 g/mol. The third-order valence-electron chi connectivity index (χ3n) is 4.37. The minimum absolute atomic E-state index is 0.152. The van der Waals surface area contributed by atoms with E-state index >= 15 is 0 Å². The number of hydrogen-bond acceptors (Lipinski definition) is 3. The summed E-state index contributed by atoms with van der Waals surface area (Å²) < 4.78 is 4.55. The van der Waals surface area contributed by atoms with Crippen LogP contribution in [0.1, 0.15) is 96.8 Å². The Balaban J connectivity index is 1.79. The summed E-state index contributed by atoms with van der Waals surface area (Å²) in [5.74, 6) is -0.798. The molecule has 0 aromatic carbocycles. The van der Waals surface area contributed by atoms with Crippen molar-refractivity contribution in [3.63, 3.8) is 0 Å². The van der Waals surface area contributed by atoms with Gasteiger partial charge in [-0.1, -0.05) is 84.0 Å². The highest BCUT2D eigenvalue weighted by atomic mass is 16.6. The lowest BCUT2D eigenvalue weighted by Gasteiger charge is -2.05. The van der Waals surface area contributed by atoms with Crippen LogP contribution in [0.25, 0.3) is 0 Å². The van der Waals surface area contributed by atoms with Gasteiger partial charge in [-0.05, 0) is 6.42 Å². The first-order valence-electron chi connectivity index (χ1n) is 8.98. The molecule has 0 aliphatic carbocycles. The predicted octanol–water partition coefficient (Wildman–Crippen LogP) is 5.17. The van der Waals surface area contributed by atoms with E-state index in [0.29, 0.717) is 6.42 Å². The van der Waals surface area contributed by atoms with Gasteiger partial charge in [0.25, 0.3) is 0 Å². The summed E-state index contributed by atoms with van der Waals surface area (Å²) in [6, 6.07) is 0. The molecule has 1 heterocycles. The van der Waals surface area contributed by atoms with Crippen LogP contribution in [-0.4, -0.2) is 11.9 Å². The Bertz CT molecular complexity index is 299. The molecule has 0 radical (unpaired) electrons. The van der Waals surface area contributed by atoms with Gasteiger partial charge in [-0.2, -0.15) is 0 Å². The molecule has 0 saturated carbocycles. The molecule has 3 nitrogen and oxygen atoms in total. The fourth-order valence-electron chi connectivity index (χ4n) is 2.97. The number of carbonyl (C=O) groups excluding carboxylic acids is 2. The monoisotopic (exact) mass is 296 g/mol. The molecule has 1 aliphatic heterocycles. The van der Waals surface area contributed by atoms with Crippen molar-refractivity contribution in [2.24, 2.45) is 5.92 Å². The normalized spacial score (nSPS) is 18.2. The van der Waals surface area contributed by atoms with Crippen molar-refractivity contribution in [3.8, 4) is 0 Å². The predicted molar refractivity (Wildman–Crippen MR) is 84.9 cm³/mol. The zero-order valence-electron chi connectivity index (χ0n) is 13.7. The molecule has 0 spiro atoms. The first-order chi connectivity index (χ1) is 10.2. The van der Waals surface area contributed by atoms with Gasteiger partial charge in [0.15, 0.2) is 0 Å². The van der Waals surface area contributed by atoms with Gasteiger partial charge in [0.05, 0.1) is 12.3 Å². The summed E-state index contributed by atoms with van der Waals surface area (Å²) in [5.41, 5.74) is 0. The first-order valence-corrected chi connectivity index (χ1v) is 8.98. The molecule has 1 aliphatic rings. The molecule has 122 valence electrons. The van der Waals surface area contributed by atoms with Gasteiger partial charge in [-0.15, -0.1) is 0 Å². The molecule has 1 unspecified atom stereocenters. The second kappa shape index (κ2) is 11.8. The lowest BCUT2D eigenvalue weighted by Crippen LogP contribution is -2.06. The summed E-state index contributed by atoms with van der Waals surface area (Å²) in [4.78, 5) is 22.2. The molecule has 21 heavy (non-hydrogen) atoms. The minimum Gasteiger partial charge on any atom is -0.393 e. The number of cyclic esters (lactones) is 2. The van der Waals surface area contributed by atoms with Gasteiger partial charge < -0.3 is 4.74 Å². The summed E-state index contributed by atoms with van der Waals surface area (Å²) >= 11 is 0. The quantitative estimate of drug-likeness (QED) is 0.267. The Kier molecular flexibility index (Phi) is 10.2.